The lowest BCUT2D eigenvalue weighted by molar-refractivity contribution is 0.214. The van der Waals surface area contributed by atoms with Gasteiger partial charge in [-0.15, -0.1) is 10.2 Å². The van der Waals surface area contributed by atoms with Gasteiger partial charge in [-0.3, -0.25) is 4.99 Å². The van der Waals surface area contributed by atoms with Crippen LogP contribution in [0.4, 0.5) is 4.39 Å². The van der Waals surface area contributed by atoms with Crippen LogP contribution in [0.3, 0.4) is 0 Å². The Hall–Kier alpha value is -2.64. The van der Waals surface area contributed by atoms with Gasteiger partial charge in [-0.25, -0.2) is 4.39 Å². The molecule has 0 fully saturated rings. The summed E-state index contributed by atoms with van der Waals surface area (Å²) in [5.41, 5.74) is 0. The highest BCUT2D eigenvalue weighted by Gasteiger charge is 2.09. The average molecular weight is 320 g/mol. The van der Waals surface area contributed by atoms with E-state index in [4.69, 9.17) is 4.74 Å². The van der Waals surface area contributed by atoms with Crippen LogP contribution in [0.1, 0.15) is 12.7 Å². The van der Waals surface area contributed by atoms with Crippen molar-refractivity contribution in [3.63, 3.8) is 0 Å². The van der Waals surface area contributed by atoms with Crippen molar-refractivity contribution < 1.29 is 9.13 Å². The third-order valence-electron chi connectivity index (χ3n) is 3.16. The summed E-state index contributed by atoms with van der Waals surface area (Å²) in [4.78, 5) is 4.12. The molecule has 2 rings (SSSR count). The highest BCUT2D eigenvalue weighted by molar-refractivity contribution is 5.79. The second-order valence-electron chi connectivity index (χ2n) is 5.02. The Labute approximate surface area is 134 Å². The molecule has 1 aromatic heterocycles. The molecule has 0 amide bonds. The maximum atomic E-state index is 13.5. The van der Waals surface area contributed by atoms with Gasteiger partial charge in [0.15, 0.2) is 23.4 Å². The fourth-order valence-corrected chi connectivity index (χ4v) is 1.89. The fourth-order valence-electron chi connectivity index (χ4n) is 1.89. The monoisotopic (exact) mass is 320 g/mol. The van der Waals surface area contributed by atoms with Crippen molar-refractivity contribution in [2.24, 2.45) is 12.0 Å². The quantitative estimate of drug-likeness (QED) is 0.615. The minimum Gasteiger partial charge on any atom is -0.486 e. The summed E-state index contributed by atoms with van der Waals surface area (Å²) < 4.78 is 20.9. The summed E-state index contributed by atoms with van der Waals surface area (Å²) in [6.07, 6.45) is 1.41. The summed E-state index contributed by atoms with van der Waals surface area (Å²) >= 11 is 0. The number of nitrogens with zero attached hydrogens (tertiary/aromatic N) is 4. The molecule has 0 aliphatic heterocycles. The van der Waals surface area contributed by atoms with Crippen LogP contribution < -0.4 is 15.4 Å². The van der Waals surface area contributed by atoms with Gasteiger partial charge < -0.3 is 19.9 Å². The number of hydrogen-bond donors (Lipinski definition) is 2. The Morgan fingerprint density at radius 1 is 1.39 bits per heavy atom. The normalized spacial score (nSPS) is 12.8. The van der Waals surface area contributed by atoms with Gasteiger partial charge in [-0.2, -0.15) is 0 Å². The van der Waals surface area contributed by atoms with Gasteiger partial charge >= 0.3 is 0 Å². The summed E-state index contributed by atoms with van der Waals surface area (Å²) in [7, 11) is 3.55. The van der Waals surface area contributed by atoms with E-state index in [1.807, 2.05) is 18.5 Å². The molecular formula is C15H21FN6O. The minimum absolute atomic E-state index is 0.222. The lowest BCUT2D eigenvalue weighted by atomic mass is 10.3. The number of guanidine groups is 1. The van der Waals surface area contributed by atoms with Gasteiger partial charge in [0, 0.05) is 14.1 Å². The van der Waals surface area contributed by atoms with Crippen molar-refractivity contribution in [1.29, 1.82) is 0 Å². The van der Waals surface area contributed by atoms with E-state index in [-0.39, 0.29) is 17.7 Å². The third kappa shape index (κ3) is 4.94. The number of halogens is 1. The first kappa shape index (κ1) is 16.7. The number of ether oxygens (including phenoxy) is 1. The molecule has 1 unspecified atom stereocenters. The van der Waals surface area contributed by atoms with Gasteiger partial charge in [-0.1, -0.05) is 12.1 Å². The first-order chi connectivity index (χ1) is 11.1. The number of aliphatic imine (C=N–C) groups is 1. The lowest BCUT2D eigenvalue weighted by Gasteiger charge is -2.17. The number of hydrogen-bond acceptors (Lipinski definition) is 4. The van der Waals surface area contributed by atoms with Gasteiger partial charge in [-0.05, 0) is 19.1 Å². The molecule has 0 bridgehead atoms. The Morgan fingerprint density at radius 2 is 2.17 bits per heavy atom. The predicted octanol–water partition coefficient (Wildman–Crippen LogP) is 1.09. The number of aryl methyl sites for hydroxylation is 1. The van der Waals surface area contributed by atoms with Gasteiger partial charge in [0.05, 0.1) is 13.1 Å². The number of para-hydroxylation sites is 1. The van der Waals surface area contributed by atoms with Crippen LogP contribution in [0.25, 0.3) is 0 Å². The van der Waals surface area contributed by atoms with E-state index in [1.165, 1.54) is 6.07 Å². The molecule has 0 aliphatic rings. The van der Waals surface area contributed by atoms with Crippen LogP contribution in [0, 0.1) is 5.82 Å². The molecule has 23 heavy (non-hydrogen) atoms. The van der Waals surface area contributed by atoms with E-state index < -0.39 is 0 Å². The number of aromatic nitrogens is 3. The number of nitrogens with one attached hydrogen (secondary N) is 2. The minimum atomic E-state index is -0.371. The molecule has 0 saturated heterocycles. The van der Waals surface area contributed by atoms with Gasteiger partial charge in [0.1, 0.15) is 12.4 Å². The van der Waals surface area contributed by atoms with Crippen LogP contribution >= 0.6 is 0 Å². The number of benzene rings is 1. The topological polar surface area (TPSA) is 76.4 Å². The van der Waals surface area contributed by atoms with Crippen molar-refractivity contribution in [3.8, 4) is 5.75 Å². The molecule has 2 aromatic rings. The zero-order valence-electron chi connectivity index (χ0n) is 13.5. The molecule has 7 nitrogen and oxygen atoms in total. The van der Waals surface area contributed by atoms with E-state index in [9.17, 15) is 4.39 Å². The first-order valence-corrected chi connectivity index (χ1v) is 7.28. The van der Waals surface area contributed by atoms with E-state index >= 15 is 0 Å². The maximum absolute atomic E-state index is 13.5. The van der Waals surface area contributed by atoms with E-state index in [1.54, 1.807) is 31.6 Å². The van der Waals surface area contributed by atoms with E-state index in [0.717, 1.165) is 5.82 Å². The van der Waals surface area contributed by atoms with Crippen molar-refractivity contribution in [2.45, 2.75) is 19.6 Å². The lowest BCUT2D eigenvalue weighted by Crippen LogP contribution is -2.41. The Balaban J connectivity index is 1.79. The molecule has 0 radical (unpaired) electrons. The summed E-state index contributed by atoms with van der Waals surface area (Å²) in [5.74, 6) is 1.27. The van der Waals surface area contributed by atoms with Crippen LogP contribution in [0.2, 0.25) is 0 Å². The largest absolute Gasteiger partial charge is 0.486 e. The zero-order valence-corrected chi connectivity index (χ0v) is 13.5. The molecule has 1 heterocycles. The summed E-state index contributed by atoms with van der Waals surface area (Å²) in [6, 6.07) is 6.34. The van der Waals surface area contributed by atoms with Crippen LogP contribution in [0.5, 0.6) is 5.75 Å². The van der Waals surface area contributed by atoms with E-state index in [2.05, 4.69) is 25.8 Å². The molecule has 0 aliphatic carbocycles. The van der Waals surface area contributed by atoms with Gasteiger partial charge in [0.2, 0.25) is 0 Å². The molecule has 0 spiro atoms. The predicted molar refractivity (Wildman–Crippen MR) is 85.7 cm³/mol. The van der Waals surface area contributed by atoms with Crippen LogP contribution in [-0.2, 0) is 13.6 Å². The van der Waals surface area contributed by atoms with Crippen molar-refractivity contribution >= 4 is 5.96 Å². The standard InChI is InChI=1S/C15H21FN6O/c1-11(23-13-7-5-4-6-12(13)16)8-18-15(17-2)19-9-14-21-20-10-22(14)3/h4-7,10-11H,8-9H2,1-3H3,(H2,17,18,19). The SMILES string of the molecule is CN=C(NCc1nncn1C)NCC(C)Oc1ccccc1F. The fraction of sp³-hybridized carbons (Fsp3) is 0.400. The number of rotatable bonds is 6. The highest BCUT2D eigenvalue weighted by Crippen LogP contribution is 2.16. The smallest absolute Gasteiger partial charge is 0.191 e. The molecule has 8 heteroatoms. The Kier molecular flexibility index (Phi) is 5.90. The van der Waals surface area contributed by atoms with Crippen LogP contribution in [-0.4, -0.2) is 40.4 Å². The third-order valence-corrected chi connectivity index (χ3v) is 3.16. The molecule has 1 atom stereocenters. The Bertz CT molecular complexity index is 657. The van der Waals surface area contributed by atoms with Crippen LogP contribution in [0.15, 0.2) is 35.6 Å². The molecule has 124 valence electrons. The second-order valence-corrected chi connectivity index (χ2v) is 5.02. The molecular weight excluding hydrogens is 299 g/mol. The van der Waals surface area contributed by atoms with Gasteiger partial charge in [0.25, 0.3) is 0 Å². The Morgan fingerprint density at radius 3 is 2.83 bits per heavy atom. The highest BCUT2D eigenvalue weighted by atomic mass is 19.1. The zero-order chi connectivity index (χ0) is 16.7. The van der Waals surface area contributed by atoms with Crippen molar-refractivity contribution in [3.05, 3.63) is 42.2 Å². The molecule has 1 aromatic carbocycles. The van der Waals surface area contributed by atoms with E-state index in [0.29, 0.717) is 19.0 Å². The molecule has 2 N–H and O–H groups in total. The summed E-state index contributed by atoms with van der Waals surface area (Å²) in [5, 5.41) is 14.1. The van der Waals surface area contributed by atoms with Crippen molar-refractivity contribution in [1.82, 2.24) is 25.4 Å². The second kappa shape index (κ2) is 8.11. The molecule has 0 saturated carbocycles. The summed E-state index contributed by atoms with van der Waals surface area (Å²) in [6.45, 7) is 2.83. The average Bonchev–Trinajstić information content (AvgIpc) is 2.95. The maximum Gasteiger partial charge on any atom is 0.191 e. The van der Waals surface area contributed by atoms with Crippen molar-refractivity contribution in [2.75, 3.05) is 13.6 Å². The first-order valence-electron chi connectivity index (χ1n) is 7.28.